The van der Waals surface area contributed by atoms with E-state index in [0.29, 0.717) is 5.16 Å². The second kappa shape index (κ2) is 8.92. The van der Waals surface area contributed by atoms with Gasteiger partial charge in [0, 0.05) is 4.88 Å². The number of primary amides is 1. The van der Waals surface area contributed by atoms with Crippen molar-refractivity contribution in [2.45, 2.75) is 42.5 Å². The zero-order valence-corrected chi connectivity index (χ0v) is 19.1. The fraction of sp³-hybridized carbons (Fsp3) is 0.240. The zero-order chi connectivity index (χ0) is 22.1. The number of fused-ring (bicyclic) bond motifs is 3. The summed E-state index contributed by atoms with van der Waals surface area (Å²) in [6.07, 6.45) is 5.34. The first kappa shape index (κ1) is 21.0. The molecule has 0 radical (unpaired) electrons. The molecular weight excluding hydrogens is 438 g/mol. The van der Waals surface area contributed by atoms with Crippen LogP contribution in [0.2, 0.25) is 0 Å². The van der Waals surface area contributed by atoms with Crippen LogP contribution < -0.4 is 11.3 Å². The molecule has 0 spiro atoms. The maximum absolute atomic E-state index is 13.9. The molecule has 4 aromatic rings. The minimum atomic E-state index is -0.645. The van der Waals surface area contributed by atoms with Gasteiger partial charge >= 0.3 is 0 Å². The van der Waals surface area contributed by atoms with Crippen LogP contribution in [0.1, 0.15) is 40.5 Å². The summed E-state index contributed by atoms with van der Waals surface area (Å²) in [5, 5.41) is 0.571. The van der Waals surface area contributed by atoms with Crippen LogP contribution in [0.25, 0.3) is 15.9 Å². The summed E-state index contributed by atoms with van der Waals surface area (Å²) in [5.41, 5.74) is 8.40. The number of aryl methyl sites for hydroxylation is 2. The first-order chi connectivity index (χ1) is 15.6. The molecule has 0 bridgehead atoms. The lowest BCUT2D eigenvalue weighted by atomic mass is 10.1. The SMILES string of the molecule is NC(=O)C(Sc1nc2sc3c(c2c(=O)n1-c1ccccc1)CCCCC3)c1ccccc1. The number of nitrogens with two attached hydrogens (primary N) is 1. The Labute approximate surface area is 194 Å². The van der Waals surface area contributed by atoms with Gasteiger partial charge in [-0.2, -0.15) is 0 Å². The number of nitrogens with zero attached hydrogens (tertiary/aromatic N) is 2. The van der Waals surface area contributed by atoms with Gasteiger partial charge in [0.25, 0.3) is 5.56 Å². The van der Waals surface area contributed by atoms with E-state index in [1.54, 1.807) is 15.9 Å². The first-order valence-electron chi connectivity index (χ1n) is 10.8. The molecule has 7 heteroatoms. The van der Waals surface area contributed by atoms with E-state index in [1.165, 1.54) is 23.1 Å². The van der Waals surface area contributed by atoms with E-state index in [0.717, 1.165) is 52.7 Å². The first-order valence-corrected chi connectivity index (χ1v) is 12.5. The van der Waals surface area contributed by atoms with E-state index in [2.05, 4.69) is 0 Å². The monoisotopic (exact) mass is 461 g/mol. The molecule has 2 heterocycles. The molecule has 0 fully saturated rings. The Kier molecular flexibility index (Phi) is 5.85. The molecule has 1 aliphatic rings. The Morgan fingerprint density at radius 1 is 1.00 bits per heavy atom. The molecule has 0 aliphatic heterocycles. The maximum Gasteiger partial charge on any atom is 0.267 e. The second-order valence-corrected chi connectivity index (χ2v) is 10.1. The number of hydrogen-bond donors (Lipinski definition) is 1. The van der Waals surface area contributed by atoms with Crippen molar-refractivity contribution in [2.24, 2.45) is 5.73 Å². The third-order valence-electron chi connectivity index (χ3n) is 5.81. The number of carbonyl (C=O) groups excluding carboxylic acids is 1. The molecule has 2 aromatic carbocycles. The van der Waals surface area contributed by atoms with Crippen molar-refractivity contribution in [1.29, 1.82) is 0 Å². The van der Waals surface area contributed by atoms with Crippen LogP contribution in [0.15, 0.2) is 70.6 Å². The van der Waals surface area contributed by atoms with Gasteiger partial charge < -0.3 is 5.73 Å². The lowest BCUT2D eigenvalue weighted by Gasteiger charge is -2.17. The van der Waals surface area contributed by atoms with Gasteiger partial charge in [0.05, 0.1) is 11.1 Å². The molecular formula is C25H23N3O2S2. The molecule has 5 rings (SSSR count). The van der Waals surface area contributed by atoms with Crippen molar-refractivity contribution in [3.05, 3.63) is 87.0 Å². The average molecular weight is 462 g/mol. The fourth-order valence-corrected chi connectivity index (χ4v) is 6.64. The summed E-state index contributed by atoms with van der Waals surface area (Å²) in [5.74, 6) is -0.461. The summed E-state index contributed by atoms with van der Waals surface area (Å²) in [6.45, 7) is 0. The van der Waals surface area contributed by atoms with E-state index in [-0.39, 0.29) is 5.56 Å². The fourth-order valence-electron chi connectivity index (χ4n) is 4.27. The molecule has 1 amide bonds. The predicted octanol–water partition coefficient (Wildman–Crippen LogP) is 5.03. The lowest BCUT2D eigenvalue weighted by molar-refractivity contribution is -0.117. The van der Waals surface area contributed by atoms with Crippen LogP contribution in [-0.4, -0.2) is 15.5 Å². The van der Waals surface area contributed by atoms with E-state index in [4.69, 9.17) is 10.7 Å². The highest BCUT2D eigenvalue weighted by Crippen LogP contribution is 2.38. The Morgan fingerprint density at radius 2 is 1.69 bits per heavy atom. The van der Waals surface area contributed by atoms with Crippen LogP contribution in [0.5, 0.6) is 0 Å². The average Bonchev–Trinajstić information content (AvgIpc) is 2.99. The predicted molar refractivity (Wildman–Crippen MR) is 131 cm³/mol. The van der Waals surface area contributed by atoms with Gasteiger partial charge in [-0.15, -0.1) is 11.3 Å². The molecule has 1 atom stereocenters. The van der Waals surface area contributed by atoms with Crippen LogP contribution in [0.3, 0.4) is 0 Å². The maximum atomic E-state index is 13.9. The number of aromatic nitrogens is 2. The van der Waals surface area contributed by atoms with Gasteiger partial charge in [-0.3, -0.25) is 14.2 Å². The summed E-state index contributed by atoms with van der Waals surface area (Å²) >= 11 is 2.86. The highest BCUT2D eigenvalue weighted by molar-refractivity contribution is 8.00. The summed E-state index contributed by atoms with van der Waals surface area (Å²) < 4.78 is 1.64. The van der Waals surface area contributed by atoms with E-state index < -0.39 is 11.2 Å². The van der Waals surface area contributed by atoms with Crippen molar-refractivity contribution >= 4 is 39.2 Å². The number of thioether (sulfide) groups is 1. The molecule has 1 unspecified atom stereocenters. The molecule has 5 nitrogen and oxygen atoms in total. The lowest BCUT2D eigenvalue weighted by Crippen LogP contribution is -2.24. The third-order valence-corrected chi connectivity index (χ3v) is 8.22. The van der Waals surface area contributed by atoms with Crippen LogP contribution in [0.4, 0.5) is 0 Å². The number of amides is 1. The van der Waals surface area contributed by atoms with Crippen LogP contribution >= 0.6 is 23.1 Å². The smallest absolute Gasteiger partial charge is 0.267 e. The molecule has 1 aliphatic carbocycles. The Bertz CT molecular complexity index is 1330. The zero-order valence-electron chi connectivity index (χ0n) is 17.5. The minimum Gasteiger partial charge on any atom is -0.368 e. The van der Waals surface area contributed by atoms with Gasteiger partial charge in [-0.25, -0.2) is 4.98 Å². The highest BCUT2D eigenvalue weighted by Gasteiger charge is 2.26. The van der Waals surface area contributed by atoms with E-state index in [1.807, 2.05) is 60.7 Å². The quantitative estimate of drug-likeness (QED) is 0.257. The van der Waals surface area contributed by atoms with Crippen LogP contribution in [-0.2, 0) is 17.6 Å². The molecule has 32 heavy (non-hydrogen) atoms. The molecule has 0 saturated carbocycles. The number of para-hydroxylation sites is 1. The number of benzene rings is 2. The summed E-state index contributed by atoms with van der Waals surface area (Å²) in [6, 6.07) is 18.9. The van der Waals surface area contributed by atoms with Crippen molar-refractivity contribution in [3.8, 4) is 5.69 Å². The molecule has 2 aromatic heterocycles. The van der Waals surface area contributed by atoms with Crippen molar-refractivity contribution < 1.29 is 4.79 Å². The normalized spacial score (nSPS) is 14.6. The van der Waals surface area contributed by atoms with Crippen LogP contribution in [0, 0.1) is 0 Å². The molecule has 2 N–H and O–H groups in total. The standard InChI is InChI=1S/C25H23N3O2S2/c26-22(29)21(16-10-4-1-5-11-16)32-25-27-23-20(18-14-8-3-9-15-19(18)31-23)24(30)28(25)17-12-6-2-7-13-17/h1-2,4-7,10-13,21H,3,8-9,14-15H2,(H2,26,29). The van der Waals surface area contributed by atoms with Gasteiger partial charge in [-0.05, 0) is 48.9 Å². The number of thiophene rings is 1. The Hall–Kier alpha value is -2.90. The second-order valence-electron chi connectivity index (χ2n) is 7.93. The number of carbonyl (C=O) groups is 1. The molecule has 0 saturated heterocycles. The Balaban J connectivity index is 1.72. The van der Waals surface area contributed by atoms with Gasteiger partial charge in [0.2, 0.25) is 5.91 Å². The van der Waals surface area contributed by atoms with E-state index in [9.17, 15) is 9.59 Å². The van der Waals surface area contributed by atoms with Crippen molar-refractivity contribution in [1.82, 2.24) is 9.55 Å². The van der Waals surface area contributed by atoms with Gasteiger partial charge in [0.1, 0.15) is 10.1 Å². The number of rotatable bonds is 5. The topological polar surface area (TPSA) is 78.0 Å². The molecule has 162 valence electrons. The minimum absolute atomic E-state index is 0.0700. The van der Waals surface area contributed by atoms with Crippen molar-refractivity contribution in [2.75, 3.05) is 0 Å². The summed E-state index contributed by atoms with van der Waals surface area (Å²) in [4.78, 5) is 33.2. The highest BCUT2D eigenvalue weighted by atomic mass is 32.2. The van der Waals surface area contributed by atoms with Crippen molar-refractivity contribution in [3.63, 3.8) is 0 Å². The number of hydrogen-bond acceptors (Lipinski definition) is 5. The Morgan fingerprint density at radius 3 is 2.41 bits per heavy atom. The largest absolute Gasteiger partial charge is 0.368 e. The van der Waals surface area contributed by atoms with Gasteiger partial charge in [0.15, 0.2) is 5.16 Å². The van der Waals surface area contributed by atoms with Gasteiger partial charge in [-0.1, -0.05) is 66.7 Å². The third kappa shape index (κ3) is 3.87. The summed E-state index contributed by atoms with van der Waals surface area (Å²) in [7, 11) is 0. The van der Waals surface area contributed by atoms with E-state index >= 15 is 0 Å².